The summed E-state index contributed by atoms with van der Waals surface area (Å²) in [6, 6.07) is 4.07. The summed E-state index contributed by atoms with van der Waals surface area (Å²) in [4.78, 5) is 0. The van der Waals surface area contributed by atoms with E-state index in [1.54, 1.807) is 13.0 Å². The zero-order valence-electron chi connectivity index (χ0n) is 8.24. The normalized spacial score (nSPS) is 10.5. The summed E-state index contributed by atoms with van der Waals surface area (Å²) in [6.45, 7) is 5.62. The standard InChI is InChI=1S/C8H6BrF3.C2H6/c1-5-3-2-4-6(7(5)9)8(10,11)12;1-2/h2-4H,1H3;1-2H3. The molecule has 0 aliphatic rings. The van der Waals surface area contributed by atoms with Gasteiger partial charge in [0.2, 0.25) is 0 Å². The quantitative estimate of drug-likeness (QED) is 0.634. The van der Waals surface area contributed by atoms with Crippen molar-refractivity contribution in [2.24, 2.45) is 0 Å². The van der Waals surface area contributed by atoms with E-state index in [0.717, 1.165) is 6.07 Å². The first kappa shape index (κ1) is 13.5. The third-order valence-corrected chi connectivity index (χ3v) is 2.55. The van der Waals surface area contributed by atoms with Crippen molar-refractivity contribution in [1.29, 1.82) is 0 Å². The zero-order valence-corrected chi connectivity index (χ0v) is 9.83. The third kappa shape index (κ3) is 3.33. The summed E-state index contributed by atoms with van der Waals surface area (Å²) < 4.78 is 36.7. The van der Waals surface area contributed by atoms with Crippen LogP contribution in [0.3, 0.4) is 0 Å². The molecule has 0 aliphatic heterocycles. The van der Waals surface area contributed by atoms with Crippen molar-refractivity contribution < 1.29 is 13.2 Å². The lowest BCUT2D eigenvalue weighted by molar-refractivity contribution is -0.138. The Morgan fingerprint density at radius 2 is 1.64 bits per heavy atom. The topological polar surface area (TPSA) is 0 Å². The molecule has 0 radical (unpaired) electrons. The van der Waals surface area contributed by atoms with Crippen LogP contribution in [0.25, 0.3) is 0 Å². The summed E-state index contributed by atoms with van der Waals surface area (Å²) in [5, 5.41) is 0. The highest BCUT2D eigenvalue weighted by molar-refractivity contribution is 9.10. The summed E-state index contributed by atoms with van der Waals surface area (Å²) in [5.41, 5.74) is -0.0349. The Labute approximate surface area is 90.3 Å². The lowest BCUT2D eigenvalue weighted by Crippen LogP contribution is -2.06. The summed E-state index contributed by atoms with van der Waals surface area (Å²) in [7, 11) is 0. The molecular weight excluding hydrogens is 257 g/mol. The van der Waals surface area contributed by atoms with Gasteiger partial charge >= 0.3 is 6.18 Å². The molecule has 1 aromatic rings. The first-order valence-corrected chi connectivity index (χ1v) is 5.04. The molecular formula is C10H12BrF3. The maximum Gasteiger partial charge on any atom is 0.417 e. The number of hydrogen-bond donors (Lipinski definition) is 0. The van der Waals surface area contributed by atoms with E-state index >= 15 is 0 Å². The van der Waals surface area contributed by atoms with Gasteiger partial charge in [0.05, 0.1) is 5.56 Å². The predicted octanol–water partition coefficient (Wildman–Crippen LogP) is 4.80. The van der Waals surface area contributed by atoms with E-state index in [-0.39, 0.29) is 4.47 Å². The molecule has 0 unspecified atom stereocenters. The fourth-order valence-electron chi connectivity index (χ4n) is 0.866. The highest BCUT2D eigenvalue weighted by atomic mass is 79.9. The molecule has 80 valence electrons. The van der Waals surface area contributed by atoms with E-state index in [1.807, 2.05) is 13.8 Å². The molecule has 0 heterocycles. The van der Waals surface area contributed by atoms with Crippen LogP contribution in [0.1, 0.15) is 25.0 Å². The van der Waals surface area contributed by atoms with Gasteiger partial charge in [-0.05, 0) is 34.5 Å². The van der Waals surface area contributed by atoms with Gasteiger partial charge in [-0.2, -0.15) is 13.2 Å². The van der Waals surface area contributed by atoms with Gasteiger partial charge in [0.15, 0.2) is 0 Å². The summed E-state index contributed by atoms with van der Waals surface area (Å²) >= 11 is 2.90. The fourth-order valence-corrected chi connectivity index (χ4v) is 1.36. The molecule has 14 heavy (non-hydrogen) atoms. The largest absolute Gasteiger partial charge is 0.417 e. The minimum absolute atomic E-state index is 0.123. The second-order valence-electron chi connectivity index (χ2n) is 2.43. The van der Waals surface area contributed by atoms with Crippen LogP contribution >= 0.6 is 15.9 Å². The molecule has 0 saturated heterocycles. The van der Waals surface area contributed by atoms with Gasteiger partial charge in [-0.15, -0.1) is 0 Å². The Kier molecular flexibility index (Phi) is 5.19. The number of halogens is 4. The number of benzene rings is 1. The highest BCUT2D eigenvalue weighted by Crippen LogP contribution is 2.35. The summed E-state index contributed by atoms with van der Waals surface area (Å²) in [5.74, 6) is 0. The van der Waals surface area contributed by atoms with Crippen molar-refractivity contribution in [3.8, 4) is 0 Å². The predicted molar refractivity (Wildman–Crippen MR) is 55.2 cm³/mol. The van der Waals surface area contributed by atoms with E-state index in [1.165, 1.54) is 6.07 Å². The van der Waals surface area contributed by atoms with E-state index in [4.69, 9.17) is 0 Å². The molecule has 4 heteroatoms. The van der Waals surface area contributed by atoms with Gasteiger partial charge in [-0.3, -0.25) is 0 Å². The second-order valence-corrected chi connectivity index (χ2v) is 3.23. The fraction of sp³-hybridized carbons (Fsp3) is 0.400. The van der Waals surface area contributed by atoms with Crippen LogP contribution in [0.15, 0.2) is 22.7 Å². The lowest BCUT2D eigenvalue weighted by atomic mass is 10.1. The van der Waals surface area contributed by atoms with Crippen LogP contribution in [0, 0.1) is 6.92 Å². The molecule has 0 amide bonds. The Hall–Kier alpha value is -0.510. The SMILES string of the molecule is CC.Cc1cccc(C(F)(F)F)c1Br. The first-order chi connectivity index (χ1) is 6.43. The summed E-state index contributed by atoms with van der Waals surface area (Å²) in [6.07, 6.45) is -4.27. The molecule has 0 saturated carbocycles. The molecule has 1 aromatic carbocycles. The van der Waals surface area contributed by atoms with Crippen molar-refractivity contribution in [1.82, 2.24) is 0 Å². The average molecular weight is 269 g/mol. The van der Waals surface area contributed by atoms with Crippen molar-refractivity contribution >= 4 is 15.9 Å². The first-order valence-electron chi connectivity index (χ1n) is 4.25. The Bertz CT molecular complexity index is 292. The molecule has 0 atom stereocenters. The van der Waals surface area contributed by atoms with Gasteiger partial charge in [-0.1, -0.05) is 26.0 Å². The highest BCUT2D eigenvalue weighted by Gasteiger charge is 2.32. The van der Waals surface area contributed by atoms with Crippen molar-refractivity contribution in [2.45, 2.75) is 26.9 Å². The minimum atomic E-state index is -4.27. The monoisotopic (exact) mass is 268 g/mol. The van der Waals surface area contributed by atoms with Crippen LogP contribution in [0.5, 0.6) is 0 Å². The van der Waals surface area contributed by atoms with Gasteiger partial charge < -0.3 is 0 Å². The average Bonchev–Trinajstić information content (AvgIpc) is 2.11. The molecule has 0 aliphatic carbocycles. The lowest BCUT2D eigenvalue weighted by Gasteiger charge is -2.09. The molecule has 0 nitrogen and oxygen atoms in total. The second kappa shape index (κ2) is 5.39. The Morgan fingerprint density at radius 1 is 1.14 bits per heavy atom. The van der Waals surface area contributed by atoms with Crippen LogP contribution in [0.4, 0.5) is 13.2 Å². The zero-order chi connectivity index (χ0) is 11.4. The maximum absolute atomic E-state index is 12.2. The van der Waals surface area contributed by atoms with Gasteiger partial charge in [0, 0.05) is 4.47 Å². The molecule has 0 bridgehead atoms. The van der Waals surface area contributed by atoms with E-state index in [2.05, 4.69) is 15.9 Å². The van der Waals surface area contributed by atoms with E-state index in [0.29, 0.717) is 5.56 Å². The molecule has 1 rings (SSSR count). The van der Waals surface area contributed by atoms with E-state index in [9.17, 15) is 13.2 Å². The number of aryl methyl sites for hydroxylation is 1. The minimum Gasteiger partial charge on any atom is -0.166 e. The Morgan fingerprint density at radius 3 is 2.00 bits per heavy atom. The number of alkyl halides is 3. The van der Waals surface area contributed by atoms with Crippen molar-refractivity contribution in [2.75, 3.05) is 0 Å². The van der Waals surface area contributed by atoms with Crippen LogP contribution < -0.4 is 0 Å². The molecule has 0 aromatic heterocycles. The van der Waals surface area contributed by atoms with Gasteiger partial charge in [0.25, 0.3) is 0 Å². The van der Waals surface area contributed by atoms with Crippen LogP contribution in [0.2, 0.25) is 0 Å². The third-order valence-electron chi connectivity index (χ3n) is 1.50. The van der Waals surface area contributed by atoms with Crippen LogP contribution in [-0.4, -0.2) is 0 Å². The molecule has 0 spiro atoms. The van der Waals surface area contributed by atoms with Crippen molar-refractivity contribution in [3.63, 3.8) is 0 Å². The van der Waals surface area contributed by atoms with Crippen molar-refractivity contribution in [3.05, 3.63) is 33.8 Å². The van der Waals surface area contributed by atoms with Gasteiger partial charge in [-0.25, -0.2) is 0 Å². The maximum atomic E-state index is 12.2. The molecule has 0 fully saturated rings. The van der Waals surface area contributed by atoms with Gasteiger partial charge in [0.1, 0.15) is 0 Å². The van der Waals surface area contributed by atoms with E-state index < -0.39 is 11.7 Å². The smallest absolute Gasteiger partial charge is 0.166 e. The van der Waals surface area contributed by atoms with Crippen LogP contribution in [-0.2, 0) is 6.18 Å². The Balaban J connectivity index is 0.000000791. The number of rotatable bonds is 0. The number of hydrogen-bond acceptors (Lipinski definition) is 0. The molecule has 0 N–H and O–H groups in total.